The zero-order chi connectivity index (χ0) is 25.4. The molecule has 8 heteroatoms. The summed E-state index contributed by atoms with van der Waals surface area (Å²) in [4.78, 5) is 0. The summed E-state index contributed by atoms with van der Waals surface area (Å²) in [6.45, 7) is 8.09. The highest BCUT2D eigenvalue weighted by molar-refractivity contribution is 6.60. The molecule has 4 aliphatic rings. The van der Waals surface area contributed by atoms with E-state index in [9.17, 15) is 0 Å². The van der Waals surface area contributed by atoms with Crippen LogP contribution in [0, 0.1) is 5.92 Å². The fourth-order valence-corrected chi connectivity index (χ4v) is 8.88. The molecule has 4 fully saturated rings. The van der Waals surface area contributed by atoms with Gasteiger partial charge in [0.05, 0.1) is 24.4 Å². The molecule has 6 nitrogen and oxygen atoms in total. The maximum absolute atomic E-state index is 5.90. The molecule has 1 aromatic carbocycles. The molecule has 3 radical (unpaired) electrons. The highest BCUT2D eigenvalue weighted by Crippen LogP contribution is 2.44. The van der Waals surface area contributed by atoms with Crippen molar-refractivity contribution in [2.45, 2.75) is 115 Å². The molecule has 6 unspecified atom stereocenters. The summed E-state index contributed by atoms with van der Waals surface area (Å²) in [5.41, 5.74) is 1.37. The quantitative estimate of drug-likeness (QED) is 0.177. The molecule has 2 aliphatic heterocycles. The lowest BCUT2D eigenvalue weighted by Crippen LogP contribution is -2.45. The van der Waals surface area contributed by atoms with Crippen molar-refractivity contribution in [1.82, 2.24) is 0 Å². The lowest BCUT2D eigenvalue weighted by Gasteiger charge is -2.28. The maximum Gasteiger partial charge on any atom is 0.500 e. The number of epoxide rings is 2. The first-order chi connectivity index (χ1) is 17.6. The molecule has 201 valence electrons. The van der Waals surface area contributed by atoms with E-state index in [4.69, 9.17) is 27.2 Å². The number of hydrogen-bond donors (Lipinski definition) is 0. The van der Waals surface area contributed by atoms with E-state index in [1.54, 1.807) is 0 Å². The molecule has 2 heterocycles. The van der Waals surface area contributed by atoms with Gasteiger partial charge in [0.15, 0.2) is 0 Å². The average molecular weight is 534 g/mol. The second-order valence-corrected chi connectivity index (χ2v) is 13.5. The van der Waals surface area contributed by atoms with E-state index in [1.165, 1.54) is 56.9 Å². The Morgan fingerprint density at radius 2 is 1.50 bits per heavy atom. The van der Waals surface area contributed by atoms with Crippen LogP contribution in [-0.2, 0) is 22.8 Å². The van der Waals surface area contributed by atoms with Gasteiger partial charge in [-0.05, 0) is 95.2 Å². The molecule has 1 aromatic rings. The van der Waals surface area contributed by atoms with Crippen molar-refractivity contribution >= 4 is 19.3 Å². The molecule has 0 aromatic heterocycles. The standard InChI is InChI=1S/C16H32O4Si.C12H13O2Si/c1-4-17-21(18-5-2,19-6-3)12-8-7-9-14-10-11-15-16(13-14)20-15;15-14-10-3-1-2-8(6-10)9-4-5-11-12(7-9)13-11/h14-16H,4-13H2,1-3H3;1-3,6,9,11-12H,4-5,7H2. The highest BCUT2D eigenvalue weighted by Gasteiger charge is 2.45. The van der Waals surface area contributed by atoms with Crippen molar-refractivity contribution in [1.29, 1.82) is 0 Å². The van der Waals surface area contributed by atoms with E-state index in [0.717, 1.165) is 24.1 Å². The van der Waals surface area contributed by atoms with Crippen LogP contribution >= 0.6 is 0 Å². The molecule has 36 heavy (non-hydrogen) atoms. The van der Waals surface area contributed by atoms with Gasteiger partial charge in [-0.2, -0.15) is 0 Å². The molecule has 6 atom stereocenters. The minimum atomic E-state index is -2.41. The van der Waals surface area contributed by atoms with Gasteiger partial charge in [-0.25, -0.2) is 0 Å². The van der Waals surface area contributed by atoms with E-state index in [2.05, 4.69) is 22.6 Å². The van der Waals surface area contributed by atoms with Gasteiger partial charge in [-0.3, -0.25) is 0 Å². The number of hydrogen-bond acceptors (Lipinski definition) is 6. The zero-order valence-corrected chi connectivity index (χ0v) is 24.4. The van der Waals surface area contributed by atoms with E-state index >= 15 is 0 Å². The average Bonchev–Trinajstić information content (AvgIpc) is 3.82. The second-order valence-electron chi connectivity index (χ2n) is 10.5. The lowest BCUT2D eigenvalue weighted by molar-refractivity contribution is 0.0705. The van der Waals surface area contributed by atoms with Crippen LogP contribution in [0.15, 0.2) is 24.3 Å². The summed E-state index contributed by atoms with van der Waals surface area (Å²) in [5.74, 6) is 2.40. The van der Waals surface area contributed by atoms with Crippen molar-refractivity contribution in [3.63, 3.8) is 0 Å². The van der Waals surface area contributed by atoms with Crippen LogP contribution in [0.25, 0.3) is 0 Å². The highest BCUT2D eigenvalue weighted by atomic mass is 28.4. The molecule has 0 amide bonds. The monoisotopic (exact) mass is 533 g/mol. The van der Waals surface area contributed by atoms with Gasteiger partial charge in [0, 0.05) is 25.9 Å². The lowest BCUT2D eigenvalue weighted by atomic mass is 9.84. The Labute approximate surface area is 222 Å². The first kappa shape index (κ1) is 28.3. The van der Waals surface area contributed by atoms with Crippen molar-refractivity contribution < 1.29 is 27.2 Å². The molecule has 2 saturated heterocycles. The van der Waals surface area contributed by atoms with E-state index in [-0.39, 0.29) is 0 Å². The van der Waals surface area contributed by atoms with E-state index < -0.39 is 8.80 Å². The van der Waals surface area contributed by atoms with Gasteiger partial charge >= 0.3 is 19.3 Å². The largest absolute Gasteiger partial charge is 0.540 e. The summed E-state index contributed by atoms with van der Waals surface area (Å²) in [6.07, 6.45) is 13.6. The Kier molecular flexibility index (Phi) is 10.9. The van der Waals surface area contributed by atoms with Gasteiger partial charge in [0.2, 0.25) is 0 Å². The topological polar surface area (TPSA) is 62.0 Å². The Balaban J connectivity index is 0.000000178. The van der Waals surface area contributed by atoms with Crippen LogP contribution < -0.4 is 4.43 Å². The molecular weight excluding hydrogens is 488 g/mol. The molecule has 5 rings (SSSR count). The number of unbranched alkanes of at least 4 members (excludes halogenated alkanes) is 1. The Morgan fingerprint density at radius 1 is 0.833 bits per heavy atom. The first-order valence-corrected chi connectivity index (χ1v) is 16.6. The fraction of sp³-hybridized carbons (Fsp3) is 0.786. The summed E-state index contributed by atoms with van der Waals surface area (Å²) in [6, 6.07) is 9.25. The Hall–Kier alpha value is -0.746. The predicted octanol–water partition coefficient (Wildman–Crippen LogP) is 5.96. The minimum Gasteiger partial charge on any atom is -0.540 e. The molecule has 0 N–H and O–H groups in total. The first-order valence-electron chi connectivity index (χ1n) is 14.3. The normalized spacial score (nSPS) is 30.4. The van der Waals surface area contributed by atoms with Crippen LogP contribution in [0.3, 0.4) is 0 Å². The van der Waals surface area contributed by atoms with E-state index in [0.29, 0.717) is 50.2 Å². The Morgan fingerprint density at radius 3 is 2.11 bits per heavy atom. The third kappa shape index (κ3) is 8.12. The van der Waals surface area contributed by atoms with Crippen LogP contribution in [0.1, 0.15) is 90.0 Å². The molecule has 2 aliphatic carbocycles. The number of rotatable bonds is 13. The van der Waals surface area contributed by atoms with Crippen molar-refractivity contribution in [3.05, 3.63) is 29.8 Å². The predicted molar refractivity (Wildman–Crippen MR) is 143 cm³/mol. The molecule has 0 spiro atoms. The summed E-state index contributed by atoms with van der Waals surface area (Å²) < 4.78 is 33.9. The van der Waals surface area contributed by atoms with Crippen molar-refractivity contribution in [2.24, 2.45) is 5.92 Å². The van der Waals surface area contributed by atoms with Gasteiger partial charge < -0.3 is 27.2 Å². The smallest absolute Gasteiger partial charge is 0.500 e. The fourth-order valence-electron chi connectivity index (χ4n) is 6.06. The minimum absolute atomic E-state index is 0.539. The summed E-state index contributed by atoms with van der Waals surface area (Å²) >= 11 is 0. The van der Waals surface area contributed by atoms with Gasteiger partial charge in [0.25, 0.3) is 0 Å². The summed E-state index contributed by atoms with van der Waals surface area (Å²) in [7, 11) is 0.647. The van der Waals surface area contributed by atoms with Crippen LogP contribution in [0.2, 0.25) is 6.04 Å². The third-order valence-electron chi connectivity index (χ3n) is 8.00. The number of benzene rings is 1. The summed E-state index contributed by atoms with van der Waals surface area (Å²) in [5, 5.41) is 0. The molecule has 2 saturated carbocycles. The van der Waals surface area contributed by atoms with Crippen LogP contribution in [-0.4, -0.2) is 63.5 Å². The maximum atomic E-state index is 5.90. The van der Waals surface area contributed by atoms with Crippen LogP contribution in [0.4, 0.5) is 0 Å². The number of fused-ring (bicyclic) bond motifs is 2. The zero-order valence-electron chi connectivity index (χ0n) is 22.4. The van der Waals surface area contributed by atoms with E-state index in [1.807, 2.05) is 32.9 Å². The van der Waals surface area contributed by atoms with Crippen molar-refractivity contribution in [2.75, 3.05) is 19.8 Å². The van der Waals surface area contributed by atoms with Gasteiger partial charge in [-0.15, -0.1) is 0 Å². The van der Waals surface area contributed by atoms with Crippen molar-refractivity contribution in [3.8, 4) is 5.75 Å². The van der Waals surface area contributed by atoms with Crippen LogP contribution in [0.5, 0.6) is 5.75 Å². The third-order valence-corrected chi connectivity index (χ3v) is 11.4. The molecule has 0 bridgehead atoms. The van der Waals surface area contributed by atoms with Gasteiger partial charge in [0.1, 0.15) is 5.75 Å². The molecular formula is C28H45O6Si2. The second kappa shape index (κ2) is 13.9. The Bertz CT molecular complexity index is 778. The SMILES string of the molecule is CCO[Si](CCCCC1CCC2OC2C1)(OCC)OCC.[Si]Oc1cccc(C2CCC3OC3C2)c1. The van der Waals surface area contributed by atoms with Gasteiger partial charge in [-0.1, -0.05) is 25.0 Å². The number of ether oxygens (including phenoxy) is 2.